The third-order valence-electron chi connectivity index (χ3n) is 5.57. The Balaban J connectivity index is 0.00000341. The number of nitrogens with zero attached hydrogens (tertiary/aromatic N) is 3. The van der Waals surface area contributed by atoms with Crippen LogP contribution in [0.5, 0.6) is 5.75 Å². The van der Waals surface area contributed by atoms with E-state index in [1.165, 1.54) is 4.90 Å². The fourth-order valence-electron chi connectivity index (χ4n) is 4.11. The highest BCUT2D eigenvalue weighted by Crippen LogP contribution is 2.33. The van der Waals surface area contributed by atoms with Gasteiger partial charge in [0.05, 0.1) is 19.3 Å². The molecule has 1 aromatic carbocycles. The molecule has 0 bridgehead atoms. The van der Waals surface area contributed by atoms with Crippen molar-refractivity contribution >= 4 is 47.2 Å². The maximum absolute atomic E-state index is 12.5. The Hall–Kier alpha value is -1.14. The molecule has 11 heteroatoms. The number of likely N-dealkylation sites (tertiary alicyclic amines) is 1. The van der Waals surface area contributed by atoms with Crippen molar-refractivity contribution in [2.24, 2.45) is 10.9 Å². The molecule has 2 unspecified atom stereocenters. The van der Waals surface area contributed by atoms with Crippen LogP contribution in [0, 0.1) is 5.92 Å². The predicted molar refractivity (Wildman–Crippen MR) is 129 cm³/mol. The molecule has 2 aliphatic heterocycles. The number of alkyl halides is 3. The topological polar surface area (TPSA) is 52.1 Å². The van der Waals surface area contributed by atoms with Crippen molar-refractivity contribution in [3.05, 3.63) is 23.2 Å². The van der Waals surface area contributed by atoms with Crippen LogP contribution in [0.2, 0.25) is 5.02 Å². The van der Waals surface area contributed by atoms with Crippen LogP contribution in [0.1, 0.15) is 12.8 Å². The molecule has 2 fully saturated rings. The van der Waals surface area contributed by atoms with E-state index in [-0.39, 0.29) is 35.9 Å². The molecular weight excluding hydrogens is 546 g/mol. The zero-order valence-electron chi connectivity index (χ0n) is 17.7. The molecule has 2 saturated heterocycles. The Morgan fingerprint density at radius 2 is 2.03 bits per heavy atom. The molecule has 0 radical (unpaired) electrons. The Morgan fingerprint density at radius 3 is 2.71 bits per heavy atom. The van der Waals surface area contributed by atoms with Gasteiger partial charge >= 0.3 is 6.18 Å². The number of anilines is 1. The quantitative estimate of drug-likeness (QED) is 0.309. The first-order chi connectivity index (χ1) is 14.3. The first-order valence-electron chi connectivity index (χ1n) is 10.1. The van der Waals surface area contributed by atoms with Crippen molar-refractivity contribution in [3.63, 3.8) is 0 Å². The highest BCUT2D eigenvalue weighted by atomic mass is 127. The molecule has 0 aromatic heterocycles. The van der Waals surface area contributed by atoms with Gasteiger partial charge in [-0.05, 0) is 43.5 Å². The number of guanidine groups is 1. The van der Waals surface area contributed by atoms with E-state index in [1.54, 1.807) is 20.2 Å². The highest BCUT2D eigenvalue weighted by molar-refractivity contribution is 14.0. The molecule has 0 amide bonds. The Labute approximate surface area is 203 Å². The molecule has 0 spiro atoms. The molecule has 176 valence electrons. The van der Waals surface area contributed by atoms with Crippen LogP contribution in [0.15, 0.2) is 23.2 Å². The maximum Gasteiger partial charge on any atom is 0.401 e. The smallest absolute Gasteiger partial charge is 0.401 e. The number of benzene rings is 1. The minimum absolute atomic E-state index is 0. The predicted octanol–water partition coefficient (Wildman–Crippen LogP) is 3.59. The van der Waals surface area contributed by atoms with Gasteiger partial charge in [-0.15, -0.1) is 24.0 Å². The molecule has 3 rings (SSSR count). The maximum atomic E-state index is 12.5. The fraction of sp³-hybridized carbons (Fsp3) is 0.650. The number of nitrogens with one attached hydrogen (secondary N) is 2. The molecule has 2 atom stereocenters. The van der Waals surface area contributed by atoms with Crippen LogP contribution in [-0.4, -0.2) is 76.5 Å². The van der Waals surface area contributed by atoms with Crippen LogP contribution >= 0.6 is 35.6 Å². The van der Waals surface area contributed by atoms with E-state index in [9.17, 15) is 13.2 Å². The molecule has 2 heterocycles. The third-order valence-corrected chi connectivity index (χ3v) is 5.80. The standard InChI is InChI=1S/C20H29ClF3N5O.HI/c1-25-19(26-10-14-5-7-28(11-14)13-20(22,23)24)27-16-6-8-29(12-16)17-9-15(21)3-4-18(17)30-2;/h3-4,9,14,16H,5-8,10-13H2,1-2H3,(H2,25,26,27);1H. The summed E-state index contributed by atoms with van der Waals surface area (Å²) in [4.78, 5) is 7.96. The normalized spacial score (nSPS) is 22.4. The van der Waals surface area contributed by atoms with Gasteiger partial charge in [0.2, 0.25) is 0 Å². The summed E-state index contributed by atoms with van der Waals surface area (Å²) in [7, 11) is 3.34. The molecule has 0 aliphatic carbocycles. The van der Waals surface area contributed by atoms with E-state index >= 15 is 0 Å². The molecule has 2 aliphatic rings. The second kappa shape index (κ2) is 11.6. The van der Waals surface area contributed by atoms with Crippen molar-refractivity contribution in [1.82, 2.24) is 15.5 Å². The summed E-state index contributed by atoms with van der Waals surface area (Å²) in [6, 6.07) is 5.77. The SMILES string of the molecule is CN=C(NCC1CCN(CC(F)(F)F)C1)NC1CCN(c2cc(Cl)ccc2OC)C1.I. The van der Waals surface area contributed by atoms with Gasteiger partial charge in [-0.1, -0.05) is 11.6 Å². The van der Waals surface area contributed by atoms with Crippen LogP contribution in [0.25, 0.3) is 0 Å². The van der Waals surface area contributed by atoms with Crippen molar-refractivity contribution in [2.45, 2.75) is 25.1 Å². The van der Waals surface area contributed by atoms with Gasteiger partial charge in [0.1, 0.15) is 5.75 Å². The van der Waals surface area contributed by atoms with Crippen molar-refractivity contribution in [2.75, 3.05) is 58.3 Å². The second-order valence-electron chi connectivity index (χ2n) is 7.85. The van der Waals surface area contributed by atoms with E-state index in [2.05, 4.69) is 20.5 Å². The van der Waals surface area contributed by atoms with Crippen molar-refractivity contribution < 1.29 is 17.9 Å². The molecule has 1 aromatic rings. The van der Waals surface area contributed by atoms with E-state index in [0.29, 0.717) is 30.6 Å². The summed E-state index contributed by atoms with van der Waals surface area (Å²) in [5.74, 6) is 1.64. The largest absolute Gasteiger partial charge is 0.495 e. The minimum atomic E-state index is -4.14. The van der Waals surface area contributed by atoms with Gasteiger partial charge in [-0.2, -0.15) is 13.2 Å². The summed E-state index contributed by atoms with van der Waals surface area (Å²) >= 11 is 6.15. The zero-order valence-corrected chi connectivity index (χ0v) is 20.8. The molecule has 0 saturated carbocycles. The Bertz CT molecular complexity index is 752. The summed E-state index contributed by atoms with van der Waals surface area (Å²) in [6.07, 6.45) is -2.45. The summed E-state index contributed by atoms with van der Waals surface area (Å²) in [5, 5.41) is 7.36. The first kappa shape index (κ1) is 26.1. The summed E-state index contributed by atoms with van der Waals surface area (Å²) < 4.78 is 43.1. The van der Waals surface area contributed by atoms with E-state index in [4.69, 9.17) is 16.3 Å². The third kappa shape index (κ3) is 7.74. The molecule has 2 N–H and O–H groups in total. The lowest BCUT2D eigenvalue weighted by Gasteiger charge is -2.23. The van der Waals surface area contributed by atoms with Gasteiger partial charge in [0.15, 0.2) is 5.96 Å². The number of hydrogen-bond donors (Lipinski definition) is 2. The Morgan fingerprint density at radius 1 is 1.26 bits per heavy atom. The van der Waals surface area contributed by atoms with E-state index in [1.807, 2.05) is 12.1 Å². The zero-order chi connectivity index (χ0) is 21.7. The highest BCUT2D eigenvalue weighted by Gasteiger charge is 2.34. The van der Waals surface area contributed by atoms with Gasteiger partial charge < -0.3 is 20.3 Å². The van der Waals surface area contributed by atoms with Crippen LogP contribution in [0.4, 0.5) is 18.9 Å². The first-order valence-corrected chi connectivity index (χ1v) is 10.5. The molecular formula is C20H30ClF3IN5O. The molecule has 6 nitrogen and oxygen atoms in total. The van der Waals surface area contributed by atoms with Crippen molar-refractivity contribution in [3.8, 4) is 5.75 Å². The second-order valence-corrected chi connectivity index (χ2v) is 8.29. The molecule has 31 heavy (non-hydrogen) atoms. The van der Waals surface area contributed by atoms with Crippen LogP contribution < -0.4 is 20.3 Å². The van der Waals surface area contributed by atoms with Gasteiger partial charge in [-0.25, -0.2) is 0 Å². The van der Waals surface area contributed by atoms with Gasteiger partial charge in [0, 0.05) is 44.3 Å². The fourth-order valence-corrected chi connectivity index (χ4v) is 4.28. The lowest BCUT2D eigenvalue weighted by Crippen LogP contribution is -2.46. The number of aliphatic imine (C=N–C) groups is 1. The number of rotatable bonds is 6. The van der Waals surface area contributed by atoms with Crippen LogP contribution in [0.3, 0.4) is 0 Å². The van der Waals surface area contributed by atoms with Gasteiger partial charge in [-0.3, -0.25) is 9.89 Å². The average molecular weight is 576 g/mol. The number of methoxy groups -OCH3 is 1. The number of hydrogen-bond acceptors (Lipinski definition) is 4. The van der Waals surface area contributed by atoms with E-state index in [0.717, 1.165) is 37.4 Å². The summed E-state index contributed by atoms with van der Waals surface area (Å²) in [5.41, 5.74) is 0.966. The average Bonchev–Trinajstić information content (AvgIpc) is 3.33. The Kier molecular flexibility index (Phi) is 9.81. The summed E-state index contributed by atoms with van der Waals surface area (Å²) in [6.45, 7) is 2.35. The lowest BCUT2D eigenvalue weighted by atomic mass is 10.1. The van der Waals surface area contributed by atoms with Gasteiger partial charge in [0.25, 0.3) is 0 Å². The van der Waals surface area contributed by atoms with E-state index < -0.39 is 12.7 Å². The van der Waals surface area contributed by atoms with Crippen LogP contribution in [-0.2, 0) is 0 Å². The monoisotopic (exact) mass is 575 g/mol. The van der Waals surface area contributed by atoms with Crippen molar-refractivity contribution in [1.29, 1.82) is 0 Å². The minimum Gasteiger partial charge on any atom is -0.495 e. The lowest BCUT2D eigenvalue weighted by molar-refractivity contribution is -0.143. The number of halogens is 5. The number of ether oxygens (including phenoxy) is 1.